The molecule has 0 spiro atoms. The van der Waals surface area contributed by atoms with E-state index in [9.17, 15) is 0 Å². The maximum atomic E-state index is 5.33. The van der Waals surface area contributed by atoms with Gasteiger partial charge in [0.1, 0.15) is 6.61 Å². The van der Waals surface area contributed by atoms with E-state index in [2.05, 4.69) is 45.0 Å². The Morgan fingerprint density at radius 2 is 1.82 bits per heavy atom. The molecule has 1 aromatic rings. The minimum Gasteiger partial charge on any atom is -0.396 e. The van der Waals surface area contributed by atoms with E-state index in [1.54, 1.807) is 0 Å². The molecule has 0 atom stereocenters. The lowest BCUT2D eigenvalue weighted by molar-refractivity contribution is 0.143. The summed E-state index contributed by atoms with van der Waals surface area (Å²) >= 11 is 0. The first kappa shape index (κ1) is 13.8. The molecule has 0 amide bonds. The molecule has 2 nitrogen and oxygen atoms in total. The average molecular weight is 233 g/mol. The van der Waals surface area contributed by atoms with E-state index in [0.29, 0.717) is 6.61 Å². The maximum absolute atomic E-state index is 5.33. The number of oxime groups is 1. The van der Waals surface area contributed by atoms with E-state index < -0.39 is 0 Å². The Hall–Kier alpha value is -1.31. The Kier molecular flexibility index (Phi) is 5.20. The first-order valence-electron chi connectivity index (χ1n) is 6.27. The Balaban J connectivity index is 2.83. The van der Waals surface area contributed by atoms with Gasteiger partial charge in [-0.05, 0) is 23.8 Å². The summed E-state index contributed by atoms with van der Waals surface area (Å²) in [7, 11) is 0. The van der Waals surface area contributed by atoms with Gasteiger partial charge in [0, 0.05) is 0 Å². The van der Waals surface area contributed by atoms with Crippen LogP contribution in [0.3, 0.4) is 0 Å². The normalized spacial score (nSPS) is 12.6. The van der Waals surface area contributed by atoms with Gasteiger partial charge in [0.15, 0.2) is 0 Å². The number of benzene rings is 1. The number of hydrogen-bond donors (Lipinski definition) is 0. The van der Waals surface area contributed by atoms with Crippen LogP contribution in [0.1, 0.15) is 46.1 Å². The van der Waals surface area contributed by atoms with Crippen molar-refractivity contribution in [2.75, 3.05) is 6.61 Å². The molecular formula is C15H23NO. The molecule has 0 bridgehead atoms. The van der Waals surface area contributed by atoms with Crippen molar-refractivity contribution in [3.05, 3.63) is 35.9 Å². The van der Waals surface area contributed by atoms with Crippen LogP contribution in [0, 0.1) is 5.41 Å². The van der Waals surface area contributed by atoms with E-state index in [0.717, 1.165) is 24.1 Å². The Morgan fingerprint density at radius 1 is 1.18 bits per heavy atom. The van der Waals surface area contributed by atoms with E-state index in [-0.39, 0.29) is 5.41 Å². The first-order chi connectivity index (χ1) is 8.03. The topological polar surface area (TPSA) is 21.6 Å². The van der Waals surface area contributed by atoms with Crippen molar-refractivity contribution in [2.45, 2.75) is 40.5 Å². The van der Waals surface area contributed by atoms with Crippen molar-refractivity contribution in [1.29, 1.82) is 0 Å². The first-order valence-corrected chi connectivity index (χ1v) is 6.27. The van der Waals surface area contributed by atoms with Gasteiger partial charge in [-0.2, -0.15) is 0 Å². The Labute approximate surface area is 105 Å². The third-order valence-corrected chi connectivity index (χ3v) is 2.27. The minimum absolute atomic E-state index is 0.213. The van der Waals surface area contributed by atoms with Crippen LogP contribution in [0.15, 0.2) is 35.5 Å². The molecule has 0 saturated heterocycles. The molecule has 0 aliphatic heterocycles. The fourth-order valence-corrected chi connectivity index (χ4v) is 1.53. The summed E-state index contributed by atoms with van der Waals surface area (Å²) < 4.78 is 0. The van der Waals surface area contributed by atoms with Gasteiger partial charge in [-0.1, -0.05) is 63.2 Å². The van der Waals surface area contributed by atoms with Crippen LogP contribution >= 0.6 is 0 Å². The van der Waals surface area contributed by atoms with Crippen molar-refractivity contribution >= 4 is 5.71 Å². The molecule has 2 heteroatoms. The van der Waals surface area contributed by atoms with Crippen LogP contribution in [-0.4, -0.2) is 12.3 Å². The van der Waals surface area contributed by atoms with Gasteiger partial charge >= 0.3 is 0 Å². The summed E-state index contributed by atoms with van der Waals surface area (Å²) in [5.41, 5.74) is 2.40. The SMILES string of the molecule is CCCON=C(CC(C)(C)C)c1ccccc1. The molecule has 0 heterocycles. The average Bonchev–Trinajstić information content (AvgIpc) is 2.28. The summed E-state index contributed by atoms with van der Waals surface area (Å²) in [5.74, 6) is 0. The van der Waals surface area contributed by atoms with Crippen molar-refractivity contribution in [1.82, 2.24) is 0 Å². The predicted molar refractivity (Wildman–Crippen MR) is 73.3 cm³/mol. The lowest BCUT2D eigenvalue weighted by atomic mass is 9.87. The number of rotatable bonds is 5. The predicted octanol–water partition coefficient (Wildman–Crippen LogP) is 4.25. The second-order valence-electron chi connectivity index (χ2n) is 5.47. The van der Waals surface area contributed by atoms with Crippen LogP contribution in [0.2, 0.25) is 0 Å². The third kappa shape index (κ3) is 5.53. The molecule has 0 radical (unpaired) electrons. The van der Waals surface area contributed by atoms with E-state index in [1.165, 1.54) is 0 Å². The highest BCUT2D eigenvalue weighted by atomic mass is 16.6. The summed E-state index contributed by atoms with van der Waals surface area (Å²) in [6.45, 7) is 9.41. The van der Waals surface area contributed by atoms with Crippen LogP contribution in [0.5, 0.6) is 0 Å². The van der Waals surface area contributed by atoms with Gasteiger partial charge in [0.25, 0.3) is 0 Å². The van der Waals surface area contributed by atoms with Gasteiger partial charge in [-0.25, -0.2) is 0 Å². The monoisotopic (exact) mass is 233 g/mol. The molecule has 1 rings (SSSR count). The van der Waals surface area contributed by atoms with Gasteiger partial charge in [0.2, 0.25) is 0 Å². The number of hydrogen-bond acceptors (Lipinski definition) is 2. The molecule has 0 fully saturated rings. The largest absolute Gasteiger partial charge is 0.396 e. The molecular weight excluding hydrogens is 210 g/mol. The summed E-state index contributed by atoms with van der Waals surface area (Å²) in [6, 6.07) is 10.3. The summed E-state index contributed by atoms with van der Waals surface area (Å²) in [4.78, 5) is 5.33. The van der Waals surface area contributed by atoms with Gasteiger partial charge in [-0.3, -0.25) is 0 Å². The molecule has 1 aromatic carbocycles. The molecule has 0 N–H and O–H groups in total. The highest BCUT2D eigenvalue weighted by Gasteiger charge is 2.16. The van der Waals surface area contributed by atoms with Crippen molar-refractivity contribution in [3.63, 3.8) is 0 Å². The van der Waals surface area contributed by atoms with Gasteiger partial charge in [0.05, 0.1) is 5.71 Å². The van der Waals surface area contributed by atoms with E-state index in [4.69, 9.17) is 4.84 Å². The fraction of sp³-hybridized carbons (Fsp3) is 0.533. The standard InChI is InChI=1S/C15H23NO/c1-5-11-17-16-14(12-15(2,3)4)13-9-7-6-8-10-13/h6-10H,5,11-12H2,1-4H3. The zero-order chi connectivity index (χ0) is 12.7. The van der Waals surface area contributed by atoms with E-state index in [1.807, 2.05) is 18.2 Å². The maximum Gasteiger partial charge on any atom is 0.116 e. The zero-order valence-corrected chi connectivity index (χ0v) is 11.4. The van der Waals surface area contributed by atoms with Crippen LogP contribution in [0.25, 0.3) is 0 Å². The number of nitrogens with zero attached hydrogens (tertiary/aromatic N) is 1. The quantitative estimate of drug-likeness (QED) is 0.423. The van der Waals surface area contributed by atoms with Crippen LogP contribution in [-0.2, 0) is 4.84 Å². The molecule has 0 aliphatic carbocycles. The fourth-order valence-electron chi connectivity index (χ4n) is 1.53. The van der Waals surface area contributed by atoms with Crippen molar-refractivity contribution in [3.8, 4) is 0 Å². The highest BCUT2D eigenvalue weighted by molar-refractivity contribution is 6.00. The lowest BCUT2D eigenvalue weighted by Crippen LogP contribution is -2.14. The van der Waals surface area contributed by atoms with Crippen LogP contribution in [0.4, 0.5) is 0 Å². The molecule has 0 unspecified atom stereocenters. The smallest absolute Gasteiger partial charge is 0.116 e. The molecule has 0 aromatic heterocycles. The summed E-state index contributed by atoms with van der Waals surface area (Å²) in [6.07, 6.45) is 1.90. The molecule has 0 saturated carbocycles. The van der Waals surface area contributed by atoms with Gasteiger partial charge < -0.3 is 4.84 Å². The second kappa shape index (κ2) is 6.43. The molecule has 17 heavy (non-hydrogen) atoms. The second-order valence-corrected chi connectivity index (χ2v) is 5.47. The minimum atomic E-state index is 0.213. The Morgan fingerprint density at radius 3 is 2.35 bits per heavy atom. The lowest BCUT2D eigenvalue weighted by Gasteiger charge is -2.19. The van der Waals surface area contributed by atoms with Gasteiger partial charge in [-0.15, -0.1) is 0 Å². The highest BCUT2D eigenvalue weighted by Crippen LogP contribution is 2.22. The Bertz CT molecular complexity index is 349. The van der Waals surface area contributed by atoms with E-state index >= 15 is 0 Å². The van der Waals surface area contributed by atoms with Crippen molar-refractivity contribution < 1.29 is 4.84 Å². The third-order valence-electron chi connectivity index (χ3n) is 2.27. The zero-order valence-electron chi connectivity index (χ0n) is 11.4. The molecule has 94 valence electrons. The summed E-state index contributed by atoms with van der Waals surface area (Å²) in [5, 5.41) is 4.29. The van der Waals surface area contributed by atoms with Crippen LogP contribution < -0.4 is 0 Å². The van der Waals surface area contributed by atoms with Crippen molar-refractivity contribution in [2.24, 2.45) is 10.6 Å². The molecule has 0 aliphatic rings.